The number of carboxylic acid groups (broad SMARTS) is 1. The highest BCUT2D eigenvalue weighted by Gasteiger charge is 2.30. The van der Waals surface area contributed by atoms with E-state index < -0.39 is 30.4 Å². The minimum atomic E-state index is -1.32. The van der Waals surface area contributed by atoms with E-state index in [1.807, 2.05) is 48.5 Å². The lowest BCUT2D eigenvalue weighted by atomic mass is 9.98. The van der Waals surface area contributed by atoms with Crippen molar-refractivity contribution in [1.82, 2.24) is 5.32 Å². The van der Waals surface area contributed by atoms with Gasteiger partial charge < -0.3 is 20.5 Å². The predicted molar refractivity (Wildman–Crippen MR) is 129 cm³/mol. The van der Waals surface area contributed by atoms with Gasteiger partial charge >= 0.3 is 12.1 Å². The standard InChI is InChI=1S/C26H23ClN2O5/c1-15-12-16(27)10-11-22(15)28-25(32)23(13-24(30)31)29-26(33)34-14-21-19-8-4-2-6-17(19)18-7-3-5-9-20(18)21/h2-12,21,23H,13-14H2,1H3,(H,28,32)(H,29,33)(H,30,31). The molecular weight excluding hydrogens is 456 g/mol. The highest BCUT2D eigenvalue weighted by Crippen LogP contribution is 2.44. The lowest BCUT2D eigenvalue weighted by Crippen LogP contribution is -2.45. The fraction of sp³-hybridized carbons (Fsp3) is 0.192. The van der Waals surface area contributed by atoms with Crippen LogP contribution in [0.15, 0.2) is 66.7 Å². The van der Waals surface area contributed by atoms with Crippen molar-refractivity contribution in [3.63, 3.8) is 0 Å². The van der Waals surface area contributed by atoms with E-state index in [1.54, 1.807) is 25.1 Å². The maximum atomic E-state index is 12.7. The number of hydrogen-bond donors (Lipinski definition) is 3. The number of ether oxygens (including phenoxy) is 1. The summed E-state index contributed by atoms with van der Waals surface area (Å²) in [4.78, 5) is 36.6. The number of rotatable bonds is 7. The molecule has 3 aromatic carbocycles. The van der Waals surface area contributed by atoms with E-state index in [4.69, 9.17) is 16.3 Å². The van der Waals surface area contributed by atoms with Crippen LogP contribution in [0.4, 0.5) is 10.5 Å². The maximum Gasteiger partial charge on any atom is 0.407 e. The minimum Gasteiger partial charge on any atom is -0.481 e. The van der Waals surface area contributed by atoms with Crippen LogP contribution in [0.1, 0.15) is 29.0 Å². The van der Waals surface area contributed by atoms with Crippen molar-refractivity contribution < 1.29 is 24.2 Å². The van der Waals surface area contributed by atoms with Gasteiger partial charge in [-0.25, -0.2) is 4.79 Å². The van der Waals surface area contributed by atoms with E-state index in [1.165, 1.54) is 0 Å². The number of anilines is 1. The number of amides is 2. The van der Waals surface area contributed by atoms with Crippen LogP contribution in [0.5, 0.6) is 0 Å². The summed E-state index contributed by atoms with van der Waals surface area (Å²) < 4.78 is 5.45. The van der Waals surface area contributed by atoms with E-state index in [9.17, 15) is 19.5 Å². The van der Waals surface area contributed by atoms with Gasteiger partial charge in [-0.05, 0) is 52.9 Å². The number of aliphatic carboxylic acids is 1. The second kappa shape index (κ2) is 9.97. The average molecular weight is 479 g/mol. The molecule has 0 spiro atoms. The molecule has 0 saturated carbocycles. The number of halogens is 1. The summed E-state index contributed by atoms with van der Waals surface area (Å²) in [5.74, 6) is -2.05. The summed E-state index contributed by atoms with van der Waals surface area (Å²) in [6.07, 6.45) is -1.46. The molecule has 3 N–H and O–H groups in total. The van der Waals surface area contributed by atoms with Gasteiger partial charge in [0.1, 0.15) is 12.6 Å². The Labute approximate surface area is 201 Å². The van der Waals surface area contributed by atoms with Gasteiger partial charge in [-0.1, -0.05) is 60.1 Å². The van der Waals surface area contributed by atoms with Crippen LogP contribution >= 0.6 is 11.6 Å². The molecule has 2 amide bonds. The van der Waals surface area contributed by atoms with Gasteiger partial charge in [0.15, 0.2) is 0 Å². The first-order valence-electron chi connectivity index (χ1n) is 10.7. The Morgan fingerprint density at radius 2 is 1.62 bits per heavy atom. The zero-order valence-corrected chi connectivity index (χ0v) is 19.1. The van der Waals surface area contributed by atoms with Crippen molar-refractivity contribution in [1.29, 1.82) is 0 Å². The first kappa shape index (κ1) is 23.3. The number of benzene rings is 3. The van der Waals surface area contributed by atoms with Crippen LogP contribution < -0.4 is 10.6 Å². The van der Waals surface area contributed by atoms with Crippen molar-refractivity contribution in [2.24, 2.45) is 0 Å². The number of carbonyl (C=O) groups excluding carboxylic acids is 2. The molecule has 0 heterocycles. The predicted octanol–water partition coefficient (Wildman–Crippen LogP) is 4.97. The van der Waals surface area contributed by atoms with Crippen LogP contribution in [0.2, 0.25) is 5.02 Å². The summed E-state index contributed by atoms with van der Waals surface area (Å²) in [5.41, 5.74) is 5.46. The number of fused-ring (bicyclic) bond motifs is 3. The molecule has 7 nitrogen and oxygen atoms in total. The summed E-state index contributed by atoms with van der Waals surface area (Å²) in [5, 5.41) is 14.8. The average Bonchev–Trinajstić information content (AvgIpc) is 3.12. The van der Waals surface area contributed by atoms with E-state index in [0.29, 0.717) is 16.3 Å². The molecule has 1 atom stereocenters. The second-order valence-electron chi connectivity index (χ2n) is 8.07. The normalized spacial score (nSPS) is 12.9. The van der Waals surface area contributed by atoms with Crippen molar-refractivity contribution >= 4 is 35.3 Å². The van der Waals surface area contributed by atoms with Crippen molar-refractivity contribution in [3.05, 3.63) is 88.4 Å². The summed E-state index contributed by atoms with van der Waals surface area (Å²) in [7, 11) is 0. The van der Waals surface area contributed by atoms with E-state index in [-0.39, 0.29) is 12.5 Å². The topological polar surface area (TPSA) is 105 Å². The van der Waals surface area contributed by atoms with E-state index in [0.717, 1.165) is 22.3 Å². The van der Waals surface area contributed by atoms with Crippen LogP contribution in [-0.2, 0) is 14.3 Å². The number of aryl methyl sites for hydroxylation is 1. The van der Waals surface area contributed by atoms with Gasteiger partial charge in [-0.2, -0.15) is 0 Å². The maximum absolute atomic E-state index is 12.7. The number of alkyl carbamates (subject to hydrolysis) is 1. The third-order valence-electron chi connectivity index (χ3n) is 5.78. The van der Waals surface area contributed by atoms with Crippen LogP contribution in [0, 0.1) is 6.92 Å². The van der Waals surface area contributed by atoms with E-state index in [2.05, 4.69) is 10.6 Å². The molecule has 1 aliphatic carbocycles. The Morgan fingerprint density at radius 1 is 1.00 bits per heavy atom. The molecular formula is C26H23ClN2O5. The fourth-order valence-electron chi connectivity index (χ4n) is 4.15. The summed E-state index contributed by atoms with van der Waals surface area (Å²) >= 11 is 5.94. The quantitative estimate of drug-likeness (QED) is 0.444. The SMILES string of the molecule is Cc1cc(Cl)ccc1NC(=O)C(CC(=O)O)NC(=O)OCC1c2ccccc2-c2ccccc21. The Hall–Kier alpha value is -3.84. The Bertz CT molecular complexity index is 1210. The van der Waals surface area contributed by atoms with Gasteiger partial charge in [0.2, 0.25) is 5.91 Å². The lowest BCUT2D eigenvalue weighted by molar-refractivity contribution is -0.139. The molecule has 0 bridgehead atoms. The Balaban J connectivity index is 1.43. The first-order chi connectivity index (χ1) is 16.3. The van der Waals surface area contributed by atoms with Crippen LogP contribution in [-0.4, -0.2) is 35.7 Å². The molecule has 0 fully saturated rings. The lowest BCUT2D eigenvalue weighted by Gasteiger charge is -2.19. The van der Waals surface area contributed by atoms with Gasteiger partial charge in [0, 0.05) is 16.6 Å². The van der Waals surface area contributed by atoms with Gasteiger partial charge in [-0.15, -0.1) is 0 Å². The molecule has 1 aliphatic rings. The molecule has 0 radical (unpaired) electrons. The molecule has 1 unspecified atom stereocenters. The Kier molecular flexibility index (Phi) is 6.84. The van der Waals surface area contributed by atoms with Gasteiger partial charge in [0.05, 0.1) is 6.42 Å². The summed E-state index contributed by atoms with van der Waals surface area (Å²) in [6.45, 7) is 1.81. The van der Waals surface area contributed by atoms with Crippen molar-refractivity contribution in [2.45, 2.75) is 25.3 Å². The van der Waals surface area contributed by atoms with Gasteiger partial charge in [-0.3, -0.25) is 9.59 Å². The highest BCUT2D eigenvalue weighted by molar-refractivity contribution is 6.30. The number of carbonyl (C=O) groups is 3. The highest BCUT2D eigenvalue weighted by atomic mass is 35.5. The molecule has 8 heteroatoms. The first-order valence-corrected chi connectivity index (χ1v) is 11.1. The number of hydrogen-bond acceptors (Lipinski definition) is 4. The van der Waals surface area contributed by atoms with E-state index >= 15 is 0 Å². The smallest absolute Gasteiger partial charge is 0.407 e. The molecule has 3 aromatic rings. The summed E-state index contributed by atoms with van der Waals surface area (Å²) in [6, 6.07) is 19.4. The molecule has 34 heavy (non-hydrogen) atoms. The van der Waals surface area contributed by atoms with Crippen molar-refractivity contribution in [2.75, 3.05) is 11.9 Å². The minimum absolute atomic E-state index is 0.0531. The molecule has 0 saturated heterocycles. The molecule has 174 valence electrons. The second-order valence-corrected chi connectivity index (χ2v) is 8.51. The number of nitrogens with one attached hydrogen (secondary N) is 2. The zero-order chi connectivity index (χ0) is 24.2. The molecule has 0 aromatic heterocycles. The Morgan fingerprint density at radius 3 is 2.21 bits per heavy atom. The molecule has 4 rings (SSSR count). The third kappa shape index (κ3) is 5.05. The van der Waals surface area contributed by atoms with Crippen LogP contribution in [0.3, 0.4) is 0 Å². The fourth-order valence-corrected chi connectivity index (χ4v) is 4.38. The molecule has 0 aliphatic heterocycles. The number of carboxylic acids is 1. The third-order valence-corrected chi connectivity index (χ3v) is 6.01. The zero-order valence-electron chi connectivity index (χ0n) is 18.4. The monoisotopic (exact) mass is 478 g/mol. The van der Waals surface area contributed by atoms with Crippen molar-refractivity contribution in [3.8, 4) is 11.1 Å². The van der Waals surface area contributed by atoms with Gasteiger partial charge in [0.25, 0.3) is 0 Å². The van der Waals surface area contributed by atoms with Crippen LogP contribution in [0.25, 0.3) is 11.1 Å². The largest absolute Gasteiger partial charge is 0.481 e.